The zero-order chi connectivity index (χ0) is 10.8. The van der Waals surface area contributed by atoms with E-state index < -0.39 is 0 Å². The summed E-state index contributed by atoms with van der Waals surface area (Å²) in [5.41, 5.74) is 0. The first kappa shape index (κ1) is 12.7. The van der Waals surface area contributed by atoms with Crippen LogP contribution < -0.4 is 5.32 Å². The normalized spacial score (nSPS) is 9.21. The highest BCUT2D eigenvalue weighted by Gasteiger charge is 1.95. The number of ether oxygens (including phenoxy) is 1. The molecule has 0 radical (unpaired) electrons. The van der Waals surface area contributed by atoms with Crippen molar-refractivity contribution < 1.29 is 14.3 Å². The van der Waals surface area contributed by atoms with Gasteiger partial charge in [-0.2, -0.15) is 0 Å². The van der Waals surface area contributed by atoms with E-state index in [0.29, 0.717) is 13.2 Å². The fourth-order valence-electron chi connectivity index (χ4n) is 0.900. The molecule has 1 amide bonds. The molecule has 0 fully saturated rings. The molecule has 14 heavy (non-hydrogen) atoms. The Labute approximate surface area is 84.3 Å². The van der Waals surface area contributed by atoms with E-state index in [1.54, 1.807) is 0 Å². The van der Waals surface area contributed by atoms with Crippen LogP contribution in [0.3, 0.4) is 0 Å². The Morgan fingerprint density at radius 1 is 1.36 bits per heavy atom. The van der Waals surface area contributed by atoms with E-state index in [2.05, 4.69) is 11.9 Å². The van der Waals surface area contributed by atoms with E-state index in [9.17, 15) is 9.59 Å². The fraction of sp³-hybridized carbons (Fsp3) is 0.600. The maximum Gasteiger partial charge on any atom is 0.330 e. The monoisotopic (exact) mass is 199 g/mol. The van der Waals surface area contributed by atoms with Gasteiger partial charge in [0, 0.05) is 19.5 Å². The predicted molar refractivity (Wildman–Crippen MR) is 53.7 cm³/mol. The Morgan fingerprint density at radius 3 is 2.64 bits per heavy atom. The van der Waals surface area contributed by atoms with Crippen LogP contribution in [0.5, 0.6) is 0 Å². The molecule has 1 N–H and O–H groups in total. The smallest absolute Gasteiger partial charge is 0.330 e. The number of esters is 1. The summed E-state index contributed by atoms with van der Waals surface area (Å²) in [6.07, 6.45) is 3.81. The van der Waals surface area contributed by atoms with Gasteiger partial charge in [0.1, 0.15) is 0 Å². The lowest BCUT2D eigenvalue weighted by Gasteiger charge is -2.02. The fourth-order valence-corrected chi connectivity index (χ4v) is 0.900. The summed E-state index contributed by atoms with van der Waals surface area (Å²) in [6.45, 7) is 5.89. The number of carbonyl (C=O) groups is 2. The molecule has 0 bridgehead atoms. The standard InChI is InChI=1S/C10H17NO3/c1-3-10(13)14-8-6-4-5-7-11-9(2)12/h3H,1,4-8H2,2H3,(H,11,12). The van der Waals surface area contributed by atoms with Gasteiger partial charge in [-0.05, 0) is 19.3 Å². The molecule has 4 heteroatoms. The molecule has 0 aliphatic carbocycles. The quantitative estimate of drug-likeness (QED) is 0.378. The molecule has 0 rings (SSSR count). The number of amides is 1. The highest BCUT2D eigenvalue weighted by molar-refractivity contribution is 5.81. The van der Waals surface area contributed by atoms with Crippen molar-refractivity contribution in [1.29, 1.82) is 0 Å². The Hall–Kier alpha value is -1.32. The Kier molecular flexibility index (Phi) is 7.50. The summed E-state index contributed by atoms with van der Waals surface area (Å²) in [5, 5.41) is 2.69. The molecule has 0 aliphatic heterocycles. The zero-order valence-corrected chi connectivity index (χ0v) is 8.54. The number of nitrogens with one attached hydrogen (secondary N) is 1. The van der Waals surface area contributed by atoms with Crippen LogP contribution in [0.15, 0.2) is 12.7 Å². The van der Waals surface area contributed by atoms with Gasteiger partial charge >= 0.3 is 5.97 Å². The zero-order valence-electron chi connectivity index (χ0n) is 8.54. The summed E-state index contributed by atoms with van der Waals surface area (Å²) >= 11 is 0. The maximum absolute atomic E-state index is 10.6. The van der Waals surface area contributed by atoms with Crippen LogP contribution >= 0.6 is 0 Å². The second kappa shape index (κ2) is 8.29. The van der Waals surface area contributed by atoms with Crippen LogP contribution in [0.2, 0.25) is 0 Å². The van der Waals surface area contributed by atoms with Gasteiger partial charge in [-0.1, -0.05) is 6.58 Å². The molecule has 0 spiro atoms. The molecule has 80 valence electrons. The molecule has 0 unspecified atom stereocenters. The van der Waals surface area contributed by atoms with Crippen molar-refractivity contribution in [2.75, 3.05) is 13.2 Å². The first-order valence-corrected chi connectivity index (χ1v) is 4.70. The van der Waals surface area contributed by atoms with Crippen LogP contribution in [0, 0.1) is 0 Å². The van der Waals surface area contributed by atoms with Crippen molar-refractivity contribution in [3.8, 4) is 0 Å². The second-order valence-electron chi connectivity index (χ2n) is 2.92. The minimum atomic E-state index is -0.383. The lowest BCUT2D eigenvalue weighted by atomic mass is 10.2. The van der Waals surface area contributed by atoms with Gasteiger partial charge < -0.3 is 10.1 Å². The van der Waals surface area contributed by atoms with Gasteiger partial charge in [0.25, 0.3) is 0 Å². The average Bonchev–Trinajstić information content (AvgIpc) is 2.15. The third kappa shape index (κ3) is 8.77. The molecule has 0 heterocycles. The average molecular weight is 199 g/mol. The summed E-state index contributed by atoms with van der Waals surface area (Å²) in [7, 11) is 0. The van der Waals surface area contributed by atoms with Gasteiger partial charge in [0.15, 0.2) is 0 Å². The molecule has 0 aliphatic rings. The molecular weight excluding hydrogens is 182 g/mol. The number of carbonyl (C=O) groups excluding carboxylic acids is 2. The molecule has 0 atom stereocenters. The van der Waals surface area contributed by atoms with Crippen molar-refractivity contribution in [3.63, 3.8) is 0 Å². The van der Waals surface area contributed by atoms with E-state index in [1.165, 1.54) is 6.92 Å². The maximum atomic E-state index is 10.6. The summed E-state index contributed by atoms with van der Waals surface area (Å²) in [6, 6.07) is 0. The van der Waals surface area contributed by atoms with Crippen molar-refractivity contribution in [2.24, 2.45) is 0 Å². The topological polar surface area (TPSA) is 55.4 Å². The summed E-state index contributed by atoms with van der Waals surface area (Å²) in [4.78, 5) is 21.1. The second-order valence-corrected chi connectivity index (χ2v) is 2.92. The van der Waals surface area contributed by atoms with E-state index in [-0.39, 0.29) is 11.9 Å². The van der Waals surface area contributed by atoms with Crippen molar-refractivity contribution in [2.45, 2.75) is 26.2 Å². The minimum absolute atomic E-state index is 0.0110. The highest BCUT2D eigenvalue weighted by atomic mass is 16.5. The third-order valence-electron chi connectivity index (χ3n) is 1.61. The van der Waals surface area contributed by atoms with Crippen molar-refractivity contribution >= 4 is 11.9 Å². The van der Waals surface area contributed by atoms with Crippen LogP contribution in [-0.2, 0) is 14.3 Å². The van der Waals surface area contributed by atoms with Gasteiger partial charge in [0.2, 0.25) is 5.91 Å². The summed E-state index contributed by atoms with van der Waals surface area (Å²) in [5.74, 6) is -0.394. The number of hydrogen-bond acceptors (Lipinski definition) is 3. The van der Waals surface area contributed by atoms with Gasteiger partial charge in [-0.3, -0.25) is 4.79 Å². The molecule has 0 saturated heterocycles. The minimum Gasteiger partial charge on any atom is -0.463 e. The van der Waals surface area contributed by atoms with E-state index in [1.807, 2.05) is 0 Å². The van der Waals surface area contributed by atoms with Crippen molar-refractivity contribution in [1.82, 2.24) is 5.32 Å². The molecule has 0 aromatic heterocycles. The van der Waals surface area contributed by atoms with E-state index >= 15 is 0 Å². The highest BCUT2D eigenvalue weighted by Crippen LogP contribution is 1.95. The van der Waals surface area contributed by atoms with Crippen LogP contribution in [-0.4, -0.2) is 25.0 Å². The Balaban J connectivity index is 3.10. The van der Waals surface area contributed by atoms with E-state index in [0.717, 1.165) is 25.3 Å². The SMILES string of the molecule is C=CC(=O)OCCCCCNC(C)=O. The lowest BCUT2D eigenvalue weighted by molar-refractivity contribution is -0.137. The lowest BCUT2D eigenvalue weighted by Crippen LogP contribution is -2.20. The molecule has 0 saturated carbocycles. The first-order valence-electron chi connectivity index (χ1n) is 4.70. The van der Waals surface area contributed by atoms with Crippen LogP contribution in [0.4, 0.5) is 0 Å². The molecule has 4 nitrogen and oxygen atoms in total. The summed E-state index contributed by atoms with van der Waals surface area (Å²) < 4.78 is 4.77. The van der Waals surface area contributed by atoms with Crippen LogP contribution in [0.25, 0.3) is 0 Å². The van der Waals surface area contributed by atoms with Gasteiger partial charge in [0.05, 0.1) is 6.61 Å². The van der Waals surface area contributed by atoms with Crippen LogP contribution in [0.1, 0.15) is 26.2 Å². The molecular formula is C10H17NO3. The van der Waals surface area contributed by atoms with Crippen molar-refractivity contribution in [3.05, 3.63) is 12.7 Å². The Bertz CT molecular complexity index is 202. The number of rotatable bonds is 7. The number of unbranched alkanes of at least 4 members (excludes halogenated alkanes) is 2. The molecule has 0 aromatic carbocycles. The van der Waals surface area contributed by atoms with E-state index in [4.69, 9.17) is 4.74 Å². The first-order chi connectivity index (χ1) is 6.66. The number of hydrogen-bond donors (Lipinski definition) is 1. The largest absolute Gasteiger partial charge is 0.463 e. The van der Waals surface area contributed by atoms with Gasteiger partial charge in [-0.15, -0.1) is 0 Å². The third-order valence-corrected chi connectivity index (χ3v) is 1.61. The Morgan fingerprint density at radius 2 is 2.07 bits per heavy atom. The molecule has 0 aromatic rings. The van der Waals surface area contributed by atoms with Gasteiger partial charge in [-0.25, -0.2) is 4.79 Å². The predicted octanol–water partition coefficient (Wildman–Crippen LogP) is 1.02.